The molecule has 6 heteroatoms. The van der Waals surface area contributed by atoms with Gasteiger partial charge in [0, 0.05) is 0 Å². The molecule has 1 heterocycles. The summed E-state index contributed by atoms with van der Waals surface area (Å²) < 4.78 is 10.1. The standard InChI is InChI=1S/C15H16N2O4/c1-10-5-11(2)7-13(6-10)21-9-14(18)16-17-15(19)12-3-4-20-8-12/h3-8H,9H2,1-2H3,(H,16,18)(H,17,19). The number of furan rings is 1. The maximum Gasteiger partial charge on any atom is 0.276 e. The topological polar surface area (TPSA) is 80.6 Å². The number of nitrogens with one attached hydrogen (secondary N) is 2. The van der Waals surface area contributed by atoms with Crippen LogP contribution in [0.2, 0.25) is 0 Å². The van der Waals surface area contributed by atoms with Gasteiger partial charge >= 0.3 is 0 Å². The van der Waals surface area contributed by atoms with E-state index in [1.165, 1.54) is 18.6 Å². The Morgan fingerprint density at radius 2 is 1.86 bits per heavy atom. The van der Waals surface area contributed by atoms with Crippen LogP contribution >= 0.6 is 0 Å². The number of hydrazine groups is 1. The second kappa shape index (κ2) is 6.60. The predicted molar refractivity (Wildman–Crippen MR) is 75.7 cm³/mol. The molecule has 2 aromatic rings. The molecule has 0 atom stereocenters. The Labute approximate surface area is 122 Å². The average molecular weight is 288 g/mol. The second-order valence-electron chi connectivity index (χ2n) is 4.63. The van der Waals surface area contributed by atoms with E-state index in [1.54, 1.807) is 0 Å². The lowest BCUT2D eigenvalue weighted by atomic mass is 10.1. The zero-order valence-corrected chi connectivity index (χ0v) is 11.8. The third-order valence-electron chi connectivity index (χ3n) is 2.66. The molecule has 0 saturated heterocycles. The largest absolute Gasteiger partial charge is 0.484 e. The van der Waals surface area contributed by atoms with Crippen molar-refractivity contribution in [1.82, 2.24) is 10.9 Å². The van der Waals surface area contributed by atoms with E-state index in [1.807, 2.05) is 32.0 Å². The van der Waals surface area contributed by atoms with Gasteiger partial charge in [-0.15, -0.1) is 0 Å². The highest BCUT2D eigenvalue weighted by Gasteiger charge is 2.08. The number of ether oxygens (including phenoxy) is 1. The van der Waals surface area contributed by atoms with Crippen LogP contribution in [0.5, 0.6) is 5.75 Å². The highest BCUT2D eigenvalue weighted by atomic mass is 16.5. The molecule has 2 N–H and O–H groups in total. The highest BCUT2D eigenvalue weighted by molar-refractivity contribution is 5.95. The van der Waals surface area contributed by atoms with Gasteiger partial charge in [0.1, 0.15) is 12.0 Å². The minimum atomic E-state index is -0.455. The maximum atomic E-state index is 11.6. The van der Waals surface area contributed by atoms with Crippen LogP contribution in [0.1, 0.15) is 21.5 Å². The summed E-state index contributed by atoms with van der Waals surface area (Å²) in [6, 6.07) is 7.18. The van der Waals surface area contributed by atoms with Crippen molar-refractivity contribution in [2.75, 3.05) is 6.61 Å². The van der Waals surface area contributed by atoms with E-state index in [4.69, 9.17) is 9.15 Å². The predicted octanol–water partition coefficient (Wildman–Crippen LogP) is 1.74. The number of aryl methyl sites for hydroxylation is 2. The Balaban J connectivity index is 1.78. The van der Waals surface area contributed by atoms with Gasteiger partial charge in [0.15, 0.2) is 6.61 Å². The van der Waals surface area contributed by atoms with Crippen LogP contribution in [0, 0.1) is 13.8 Å². The van der Waals surface area contributed by atoms with Crippen LogP contribution in [-0.2, 0) is 4.79 Å². The molecule has 0 aliphatic rings. The Hall–Kier alpha value is -2.76. The van der Waals surface area contributed by atoms with Crippen molar-refractivity contribution in [2.45, 2.75) is 13.8 Å². The Kier molecular flexibility index (Phi) is 4.61. The maximum absolute atomic E-state index is 11.6. The molecule has 0 saturated carbocycles. The van der Waals surface area contributed by atoms with Gasteiger partial charge in [0.2, 0.25) is 0 Å². The summed E-state index contributed by atoms with van der Waals surface area (Å²) in [6.45, 7) is 3.71. The third-order valence-corrected chi connectivity index (χ3v) is 2.66. The Morgan fingerprint density at radius 1 is 1.14 bits per heavy atom. The molecule has 21 heavy (non-hydrogen) atoms. The number of rotatable bonds is 4. The van der Waals surface area contributed by atoms with Crippen molar-refractivity contribution in [2.24, 2.45) is 0 Å². The van der Waals surface area contributed by atoms with Gasteiger partial charge < -0.3 is 9.15 Å². The molecule has 2 rings (SSSR count). The van der Waals surface area contributed by atoms with E-state index in [2.05, 4.69) is 10.9 Å². The summed E-state index contributed by atoms with van der Waals surface area (Å²) in [5, 5.41) is 0. The summed E-state index contributed by atoms with van der Waals surface area (Å²) >= 11 is 0. The molecule has 0 aliphatic heterocycles. The van der Waals surface area contributed by atoms with E-state index in [9.17, 15) is 9.59 Å². The van der Waals surface area contributed by atoms with E-state index >= 15 is 0 Å². The summed E-state index contributed by atoms with van der Waals surface area (Å²) in [5.41, 5.74) is 6.96. The lowest BCUT2D eigenvalue weighted by molar-refractivity contribution is -0.123. The second-order valence-corrected chi connectivity index (χ2v) is 4.63. The smallest absolute Gasteiger partial charge is 0.276 e. The monoisotopic (exact) mass is 288 g/mol. The fourth-order valence-corrected chi connectivity index (χ4v) is 1.79. The van der Waals surface area contributed by atoms with Gasteiger partial charge in [-0.25, -0.2) is 0 Å². The van der Waals surface area contributed by atoms with Crippen LogP contribution < -0.4 is 15.6 Å². The van der Waals surface area contributed by atoms with E-state index in [-0.39, 0.29) is 6.61 Å². The zero-order valence-electron chi connectivity index (χ0n) is 11.8. The molecule has 0 aliphatic carbocycles. The molecule has 0 radical (unpaired) electrons. The normalized spacial score (nSPS) is 10.0. The molecule has 2 amide bonds. The van der Waals surface area contributed by atoms with Gasteiger partial charge in [-0.2, -0.15) is 0 Å². The van der Waals surface area contributed by atoms with Crippen LogP contribution in [0.3, 0.4) is 0 Å². The lowest BCUT2D eigenvalue weighted by Crippen LogP contribution is -2.43. The summed E-state index contributed by atoms with van der Waals surface area (Å²) in [5.74, 6) is -0.293. The van der Waals surface area contributed by atoms with Gasteiger partial charge in [-0.1, -0.05) is 6.07 Å². The zero-order chi connectivity index (χ0) is 15.2. The molecule has 0 spiro atoms. The number of carbonyl (C=O) groups excluding carboxylic acids is 2. The first kappa shape index (κ1) is 14.6. The van der Waals surface area contributed by atoms with Crippen LogP contribution in [0.25, 0.3) is 0 Å². The summed E-state index contributed by atoms with van der Waals surface area (Å²) in [7, 11) is 0. The van der Waals surface area contributed by atoms with Crippen molar-refractivity contribution in [1.29, 1.82) is 0 Å². The van der Waals surface area contributed by atoms with E-state index in [0.29, 0.717) is 11.3 Å². The number of amides is 2. The first-order valence-electron chi connectivity index (χ1n) is 6.37. The number of hydrogen-bond acceptors (Lipinski definition) is 4. The molecular weight excluding hydrogens is 272 g/mol. The molecule has 0 fully saturated rings. The number of hydrogen-bond donors (Lipinski definition) is 2. The van der Waals surface area contributed by atoms with Crippen molar-refractivity contribution >= 4 is 11.8 Å². The minimum absolute atomic E-state index is 0.186. The molecule has 0 bridgehead atoms. The highest BCUT2D eigenvalue weighted by Crippen LogP contribution is 2.15. The van der Waals surface area contributed by atoms with Crippen LogP contribution in [0.15, 0.2) is 41.2 Å². The van der Waals surface area contributed by atoms with Crippen LogP contribution in [0.4, 0.5) is 0 Å². The van der Waals surface area contributed by atoms with Crippen LogP contribution in [-0.4, -0.2) is 18.4 Å². The lowest BCUT2D eigenvalue weighted by Gasteiger charge is -2.09. The van der Waals surface area contributed by atoms with Crippen molar-refractivity contribution in [3.63, 3.8) is 0 Å². The average Bonchev–Trinajstić information content (AvgIpc) is 2.95. The van der Waals surface area contributed by atoms with Gasteiger partial charge in [-0.3, -0.25) is 20.4 Å². The SMILES string of the molecule is Cc1cc(C)cc(OCC(=O)NNC(=O)c2ccoc2)c1. The van der Waals surface area contributed by atoms with Gasteiger partial charge in [-0.05, 0) is 43.2 Å². The van der Waals surface area contributed by atoms with Crippen molar-refractivity contribution < 1.29 is 18.7 Å². The first-order valence-corrected chi connectivity index (χ1v) is 6.37. The summed E-state index contributed by atoms with van der Waals surface area (Å²) in [4.78, 5) is 23.1. The quantitative estimate of drug-likeness (QED) is 0.840. The molecule has 110 valence electrons. The third kappa shape index (κ3) is 4.38. The fraction of sp³-hybridized carbons (Fsp3) is 0.200. The Morgan fingerprint density at radius 3 is 2.48 bits per heavy atom. The molecule has 6 nitrogen and oxygen atoms in total. The number of benzene rings is 1. The Bertz CT molecular complexity index is 615. The summed E-state index contributed by atoms with van der Waals surface area (Å²) in [6.07, 6.45) is 2.66. The van der Waals surface area contributed by atoms with E-state index in [0.717, 1.165) is 11.1 Å². The van der Waals surface area contributed by atoms with Crippen molar-refractivity contribution in [3.05, 3.63) is 53.5 Å². The minimum Gasteiger partial charge on any atom is -0.484 e. The number of carbonyl (C=O) groups is 2. The molecular formula is C15H16N2O4. The first-order chi connectivity index (χ1) is 10.0. The molecule has 1 aromatic carbocycles. The van der Waals surface area contributed by atoms with E-state index < -0.39 is 11.8 Å². The van der Waals surface area contributed by atoms with Gasteiger partial charge in [0.25, 0.3) is 11.8 Å². The molecule has 1 aromatic heterocycles. The fourth-order valence-electron chi connectivity index (χ4n) is 1.79. The molecule has 0 unspecified atom stereocenters. The van der Waals surface area contributed by atoms with Crippen molar-refractivity contribution in [3.8, 4) is 5.75 Å². The van der Waals surface area contributed by atoms with Gasteiger partial charge in [0.05, 0.1) is 11.8 Å².